The number of aromatic nitrogens is 4. The Kier molecular flexibility index (Phi) is 3.35. The number of hydrogen-bond donors (Lipinski definition) is 1. The van der Waals surface area contributed by atoms with E-state index in [9.17, 15) is 0 Å². The molecule has 7 nitrogen and oxygen atoms in total. The summed E-state index contributed by atoms with van der Waals surface area (Å²) in [5.41, 5.74) is 5.76. The van der Waals surface area contributed by atoms with Gasteiger partial charge in [0.15, 0.2) is 11.5 Å². The van der Waals surface area contributed by atoms with Crippen molar-refractivity contribution >= 4 is 5.82 Å². The van der Waals surface area contributed by atoms with Gasteiger partial charge in [0.25, 0.3) is 5.89 Å². The van der Waals surface area contributed by atoms with Crippen LogP contribution in [0.5, 0.6) is 0 Å². The first-order chi connectivity index (χ1) is 9.75. The van der Waals surface area contributed by atoms with E-state index in [1.54, 1.807) is 6.20 Å². The molecule has 0 aliphatic heterocycles. The highest BCUT2D eigenvalue weighted by atomic mass is 16.5. The number of ether oxygens (including phenoxy) is 1. The van der Waals surface area contributed by atoms with Gasteiger partial charge in [0.1, 0.15) is 5.60 Å². The summed E-state index contributed by atoms with van der Waals surface area (Å²) in [7, 11) is 0. The zero-order chi connectivity index (χ0) is 14.0. The van der Waals surface area contributed by atoms with Gasteiger partial charge in [-0.15, -0.1) is 0 Å². The third-order valence-corrected chi connectivity index (χ3v) is 3.59. The maximum Gasteiger partial charge on any atom is 0.280 e. The van der Waals surface area contributed by atoms with Crippen LogP contribution in [0.2, 0.25) is 0 Å². The molecular weight excluding hydrogens is 258 g/mol. The Bertz CT molecular complexity index is 592. The van der Waals surface area contributed by atoms with Gasteiger partial charge in [0.2, 0.25) is 5.82 Å². The van der Waals surface area contributed by atoms with E-state index in [-0.39, 0.29) is 11.7 Å². The molecule has 0 aromatic carbocycles. The lowest BCUT2D eigenvalue weighted by molar-refractivity contribution is -0.0469. The summed E-state index contributed by atoms with van der Waals surface area (Å²) in [5, 5.41) is 4.07. The van der Waals surface area contributed by atoms with Gasteiger partial charge in [0, 0.05) is 19.0 Å². The summed E-state index contributed by atoms with van der Waals surface area (Å²) < 4.78 is 11.2. The Morgan fingerprint density at radius 2 is 2.05 bits per heavy atom. The number of nitrogens with two attached hydrogens (primary N) is 1. The average molecular weight is 275 g/mol. The third-order valence-electron chi connectivity index (χ3n) is 3.59. The van der Waals surface area contributed by atoms with Gasteiger partial charge in [-0.3, -0.25) is 0 Å². The molecular formula is C13H17N5O2. The predicted octanol–water partition coefficient (Wildman–Crippen LogP) is 1.91. The fourth-order valence-electron chi connectivity index (χ4n) is 2.67. The number of rotatable bonds is 4. The van der Waals surface area contributed by atoms with Gasteiger partial charge in [-0.2, -0.15) is 4.98 Å². The van der Waals surface area contributed by atoms with Crippen molar-refractivity contribution in [3.63, 3.8) is 0 Å². The van der Waals surface area contributed by atoms with E-state index in [4.69, 9.17) is 15.0 Å². The van der Waals surface area contributed by atoms with Crippen LogP contribution in [-0.4, -0.2) is 26.7 Å². The molecule has 0 atom stereocenters. The van der Waals surface area contributed by atoms with Crippen LogP contribution in [0.25, 0.3) is 11.6 Å². The fourth-order valence-corrected chi connectivity index (χ4v) is 2.67. The molecule has 0 radical (unpaired) electrons. The molecule has 20 heavy (non-hydrogen) atoms. The van der Waals surface area contributed by atoms with Crippen LogP contribution in [-0.2, 0) is 10.3 Å². The normalized spacial score (nSPS) is 17.4. The molecule has 0 spiro atoms. The molecule has 0 amide bonds. The lowest BCUT2D eigenvalue weighted by Gasteiger charge is -2.24. The Morgan fingerprint density at radius 1 is 1.30 bits per heavy atom. The van der Waals surface area contributed by atoms with E-state index in [1.165, 1.54) is 6.20 Å². The van der Waals surface area contributed by atoms with Gasteiger partial charge in [-0.05, 0) is 32.6 Å². The first-order valence-electron chi connectivity index (χ1n) is 6.80. The minimum Gasteiger partial charge on any atom is -0.382 e. The summed E-state index contributed by atoms with van der Waals surface area (Å²) in [4.78, 5) is 12.5. The molecule has 1 fully saturated rings. The second-order valence-corrected chi connectivity index (χ2v) is 4.85. The predicted molar refractivity (Wildman–Crippen MR) is 71.5 cm³/mol. The van der Waals surface area contributed by atoms with E-state index in [0.29, 0.717) is 18.1 Å². The quantitative estimate of drug-likeness (QED) is 0.909. The summed E-state index contributed by atoms with van der Waals surface area (Å²) >= 11 is 0. The van der Waals surface area contributed by atoms with Gasteiger partial charge in [0.05, 0.1) is 0 Å². The van der Waals surface area contributed by atoms with Gasteiger partial charge >= 0.3 is 0 Å². The lowest BCUT2D eigenvalue weighted by atomic mass is 10.0. The van der Waals surface area contributed by atoms with E-state index in [1.807, 2.05) is 6.92 Å². The molecule has 1 aliphatic rings. The maximum absolute atomic E-state index is 5.90. The molecule has 7 heteroatoms. The minimum atomic E-state index is -0.423. The molecule has 1 saturated carbocycles. The Labute approximate surface area is 116 Å². The van der Waals surface area contributed by atoms with Gasteiger partial charge in [-0.1, -0.05) is 5.16 Å². The highest BCUT2D eigenvalue weighted by Gasteiger charge is 2.41. The molecule has 106 valence electrons. The van der Waals surface area contributed by atoms with E-state index in [0.717, 1.165) is 25.7 Å². The fraction of sp³-hybridized carbons (Fsp3) is 0.538. The average Bonchev–Trinajstić information content (AvgIpc) is 3.09. The second kappa shape index (κ2) is 5.16. The number of hydrogen-bond acceptors (Lipinski definition) is 7. The van der Waals surface area contributed by atoms with Crippen molar-refractivity contribution in [3.8, 4) is 11.6 Å². The van der Waals surface area contributed by atoms with Gasteiger partial charge < -0.3 is 15.0 Å². The largest absolute Gasteiger partial charge is 0.382 e. The number of nitrogen functional groups attached to an aromatic ring is 1. The first kappa shape index (κ1) is 13.0. The van der Waals surface area contributed by atoms with Crippen LogP contribution in [0.3, 0.4) is 0 Å². The second-order valence-electron chi connectivity index (χ2n) is 4.85. The monoisotopic (exact) mass is 275 g/mol. The van der Waals surface area contributed by atoms with Crippen LogP contribution < -0.4 is 5.73 Å². The van der Waals surface area contributed by atoms with Crippen molar-refractivity contribution in [2.45, 2.75) is 38.2 Å². The summed E-state index contributed by atoms with van der Waals surface area (Å²) in [6.45, 7) is 2.60. The third kappa shape index (κ3) is 2.14. The van der Waals surface area contributed by atoms with Crippen LogP contribution >= 0.6 is 0 Å². The van der Waals surface area contributed by atoms with Crippen molar-refractivity contribution < 1.29 is 9.26 Å². The topological polar surface area (TPSA) is 100.0 Å². The molecule has 0 saturated heterocycles. The molecule has 3 rings (SSSR count). The van der Waals surface area contributed by atoms with Crippen LogP contribution in [0.4, 0.5) is 5.82 Å². The van der Waals surface area contributed by atoms with Crippen molar-refractivity contribution in [1.82, 2.24) is 20.1 Å². The van der Waals surface area contributed by atoms with Crippen LogP contribution in [0.15, 0.2) is 16.9 Å². The first-order valence-corrected chi connectivity index (χ1v) is 6.80. The van der Waals surface area contributed by atoms with E-state index < -0.39 is 5.60 Å². The molecule has 2 heterocycles. The summed E-state index contributed by atoms with van der Waals surface area (Å²) in [6, 6.07) is 0. The Morgan fingerprint density at radius 3 is 2.75 bits per heavy atom. The lowest BCUT2D eigenvalue weighted by Crippen LogP contribution is -2.27. The minimum absolute atomic E-state index is 0.277. The summed E-state index contributed by atoms with van der Waals surface area (Å²) in [5.74, 6) is 1.15. The van der Waals surface area contributed by atoms with Crippen LogP contribution in [0.1, 0.15) is 38.4 Å². The molecule has 0 bridgehead atoms. The molecule has 1 aliphatic carbocycles. The molecule has 2 aromatic rings. The van der Waals surface area contributed by atoms with Crippen molar-refractivity contribution in [1.29, 1.82) is 0 Å². The summed E-state index contributed by atoms with van der Waals surface area (Å²) in [6.07, 6.45) is 7.11. The maximum atomic E-state index is 5.90. The standard InChI is InChI=1S/C13H17N5O2/c1-2-19-13(5-3-4-6-13)12-17-11(20-18-12)9-10(14)16-8-7-15-9/h7-8H,2-6H2,1H3,(H2,14,16). The molecule has 2 aromatic heterocycles. The zero-order valence-corrected chi connectivity index (χ0v) is 11.4. The highest BCUT2D eigenvalue weighted by molar-refractivity contribution is 5.61. The number of nitrogens with zero attached hydrogens (tertiary/aromatic N) is 4. The molecule has 0 unspecified atom stereocenters. The van der Waals surface area contributed by atoms with Crippen LogP contribution in [0, 0.1) is 0 Å². The van der Waals surface area contributed by atoms with Crippen molar-refractivity contribution in [2.24, 2.45) is 0 Å². The van der Waals surface area contributed by atoms with Crippen molar-refractivity contribution in [2.75, 3.05) is 12.3 Å². The smallest absolute Gasteiger partial charge is 0.280 e. The highest BCUT2D eigenvalue weighted by Crippen LogP contribution is 2.41. The SMILES string of the molecule is CCOC1(c2noc(-c3nccnc3N)n2)CCCC1. The zero-order valence-electron chi connectivity index (χ0n) is 11.4. The van der Waals surface area contributed by atoms with Gasteiger partial charge in [-0.25, -0.2) is 9.97 Å². The van der Waals surface area contributed by atoms with Crippen molar-refractivity contribution in [3.05, 3.63) is 18.2 Å². The molecule has 2 N–H and O–H groups in total. The number of anilines is 1. The Balaban J connectivity index is 1.95. The van der Waals surface area contributed by atoms with E-state index in [2.05, 4.69) is 20.1 Å². The van der Waals surface area contributed by atoms with E-state index >= 15 is 0 Å². The Hall–Kier alpha value is -2.02.